The average Bonchev–Trinajstić information content (AvgIpc) is 3.68. The molecule has 3 atom stereocenters. The number of halogens is 3. The Morgan fingerprint density at radius 1 is 1.26 bits per heavy atom. The summed E-state index contributed by atoms with van der Waals surface area (Å²) in [5, 5.41) is 5.27. The number of aromatic nitrogens is 1. The van der Waals surface area contributed by atoms with Crippen LogP contribution in [0.1, 0.15) is 56.3 Å². The van der Waals surface area contributed by atoms with Crippen LogP contribution in [0.5, 0.6) is 0 Å². The Balaban J connectivity index is 1.51. The number of hydrogen-bond donors (Lipinski definition) is 2. The number of esters is 1. The van der Waals surface area contributed by atoms with Crippen molar-refractivity contribution < 1.29 is 40.7 Å². The molecule has 46 heavy (non-hydrogen) atoms. The number of likely N-dealkylation sites (tertiary alicyclic amines) is 1. The van der Waals surface area contributed by atoms with Gasteiger partial charge in [0.15, 0.2) is 10.8 Å². The molecule has 0 unspecified atom stereocenters. The van der Waals surface area contributed by atoms with Gasteiger partial charge < -0.3 is 14.8 Å². The highest BCUT2D eigenvalue weighted by atomic mass is 32.2. The molecule has 12 nitrogen and oxygen atoms in total. The SMILES string of the molecule is CCOC(=O)C1=C(CN2CC(F)(F)[C@H]3[C@@H]2CCN3S(=O)(=O)NC(=O)OC(C)(C)C)NC(c2nccs2)=N[C@H]1c1cccc(F)c1C. The quantitative estimate of drug-likeness (QED) is 0.399. The van der Waals surface area contributed by atoms with Gasteiger partial charge in [0.2, 0.25) is 0 Å². The van der Waals surface area contributed by atoms with Gasteiger partial charge in [0.25, 0.3) is 5.92 Å². The lowest BCUT2D eigenvalue weighted by molar-refractivity contribution is -0.139. The van der Waals surface area contributed by atoms with Crippen LogP contribution in [0.25, 0.3) is 0 Å². The maximum Gasteiger partial charge on any atom is 0.422 e. The lowest BCUT2D eigenvalue weighted by atomic mass is 9.92. The summed E-state index contributed by atoms with van der Waals surface area (Å²) in [6.07, 6.45) is 0.302. The standard InChI is InChI=1S/C29H35F3N6O6S2/c1-6-43-26(39)21-19(34-24(25-33-11-13-45-25)35-22(21)17-8-7-9-18(30)16(17)2)14-37-15-29(31,32)23-20(37)10-12-38(23)46(41,42)36-27(40)44-28(3,4)5/h7-9,11,13,20,22-23H,6,10,12,14-15H2,1-5H3,(H,34,35)(H,36,40)/t20-,22-,23+/m0/s1. The van der Waals surface area contributed by atoms with Gasteiger partial charge in [-0.15, -0.1) is 11.3 Å². The minimum absolute atomic E-state index is 0.0108. The van der Waals surface area contributed by atoms with Crippen molar-refractivity contribution >= 4 is 39.4 Å². The van der Waals surface area contributed by atoms with Crippen LogP contribution in [0.2, 0.25) is 0 Å². The topological polar surface area (TPSA) is 143 Å². The van der Waals surface area contributed by atoms with Crippen molar-refractivity contribution in [1.82, 2.24) is 24.2 Å². The van der Waals surface area contributed by atoms with E-state index in [1.54, 1.807) is 36.2 Å². The Kier molecular flexibility index (Phi) is 9.24. The molecule has 4 heterocycles. The zero-order valence-electron chi connectivity index (χ0n) is 25.8. The van der Waals surface area contributed by atoms with Gasteiger partial charge in [0.05, 0.1) is 18.7 Å². The van der Waals surface area contributed by atoms with Crippen LogP contribution in [0.4, 0.5) is 18.0 Å². The summed E-state index contributed by atoms with van der Waals surface area (Å²) in [4.78, 5) is 36.2. The number of alkyl halides is 2. The van der Waals surface area contributed by atoms with E-state index in [2.05, 4.69) is 10.3 Å². The zero-order chi connectivity index (χ0) is 33.6. The van der Waals surface area contributed by atoms with Crippen molar-refractivity contribution in [3.63, 3.8) is 0 Å². The number of amidine groups is 1. The molecule has 17 heteroatoms. The first-order valence-electron chi connectivity index (χ1n) is 14.6. The Morgan fingerprint density at radius 2 is 2.00 bits per heavy atom. The van der Waals surface area contributed by atoms with E-state index in [1.165, 1.54) is 49.1 Å². The second-order valence-electron chi connectivity index (χ2n) is 12.1. The molecule has 1 aromatic carbocycles. The molecule has 2 fully saturated rings. The third-order valence-corrected chi connectivity index (χ3v) is 10.0. The first-order valence-corrected chi connectivity index (χ1v) is 16.9. The maximum atomic E-state index is 15.7. The predicted octanol–water partition coefficient (Wildman–Crippen LogP) is 3.66. The van der Waals surface area contributed by atoms with Crippen molar-refractivity contribution in [1.29, 1.82) is 0 Å². The van der Waals surface area contributed by atoms with Gasteiger partial charge in [-0.2, -0.15) is 12.7 Å². The van der Waals surface area contributed by atoms with E-state index in [1.807, 2.05) is 0 Å². The third kappa shape index (κ3) is 6.77. The molecule has 2 aromatic rings. The van der Waals surface area contributed by atoms with Crippen molar-refractivity contribution in [2.75, 3.05) is 26.2 Å². The number of thiazole rings is 1. The van der Waals surface area contributed by atoms with Crippen molar-refractivity contribution in [3.8, 4) is 0 Å². The summed E-state index contributed by atoms with van der Waals surface area (Å²) >= 11 is 1.26. The molecule has 3 aliphatic rings. The van der Waals surface area contributed by atoms with Gasteiger partial charge >= 0.3 is 22.3 Å². The second kappa shape index (κ2) is 12.6. The van der Waals surface area contributed by atoms with E-state index in [0.29, 0.717) is 14.9 Å². The van der Waals surface area contributed by atoms with Crippen LogP contribution in [0.15, 0.2) is 46.0 Å². The number of nitrogens with zero attached hydrogens (tertiary/aromatic N) is 4. The summed E-state index contributed by atoms with van der Waals surface area (Å²) in [6, 6.07) is 0.582. The number of aliphatic imine (C=N–C) groups is 1. The van der Waals surface area contributed by atoms with E-state index in [-0.39, 0.29) is 48.8 Å². The number of carbonyl (C=O) groups excluding carboxylic acids is 2. The van der Waals surface area contributed by atoms with Gasteiger partial charge in [-0.3, -0.25) is 9.89 Å². The van der Waals surface area contributed by atoms with Crippen molar-refractivity contribution in [2.24, 2.45) is 4.99 Å². The van der Waals surface area contributed by atoms with Crippen LogP contribution in [-0.2, 0) is 24.5 Å². The van der Waals surface area contributed by atoms with Gasteiger partial charge in [-0.1, -0.05) is 12.1 Å². The van der Waals surface area contributed by atoms with E-state index in [0.717, 1.165) is 0 Å². The van der Waals surface area contributed by atoms with Crippen LogP contribution in [0.3, 0.4) is 0 Å². The summed E-state index contributed by atoms with van der Waals surface area (Å²) in [6.45, 7) is 6.43. The van der Waals surface area contributed by atoms with E-state index in [4.69, 9.17) is 14.5 Å². The summed E-state index contributed by atoms with van der Waals surface area (Å²) in [5.41, 5.74) is -0.179. The largest absolute Gasteiger partial charge is 0.463 e. The van der Waals surface area contributed by atoms with Gasteiger partial charge in [-0.05, 0) is 58.2 Å². The molecule has 0 bridgehead atoms. The molecule has 1 aromatic heterocycles. The summed E-state index contributed by atoms with van der Waals surface area (Å²) in [5.74, 6) is -4.54. The molecule has 5 rings (SSSR count). The number of carbonyl (C=O) groups is 2. The fourth-order valence-electron chi connectivity index (χ4n) is 5.98. The van der Waals surface area contributed by atoms with Crippen molar-refractivity contribution in [2.45, 2.75) is 70.7 Å². The van der Waals surface area contributed by atoms with Gasteiger partial charge in [0.1, 0.15) is 23.5 Å². The summed E-state index contributed by atoms with van der Waals surface area (Å²) in [7, 11) is -4.70. The molecule has 0 spiro atoms. The fraction of sp³-hybridized carbons (Fsp3) is 0.517. The minimum Gasteiger partial charge on any atom is -0.463 e. The molecule has 2 N–H and O–H groups in total. The zero-order valence-corrected chi connectivity index (χ0v) is 27.5. The number of nitrogens with one attached hydrogen (secondary N) is 2. The van der Waals surface area contributed by atoms with E-state index < -0.39 is 64.3 Å². The number of rotatable bonds is 8. The molecular formula is C29H35F3N6O6S2. The molecule has 3 aliphatic heterocycles. The number of benzene rings is 1. The van der Waals surface area contributed by atoms with E-state index in [9.17, 15) is 22.4 Å². The van der Waals surface area contributed by atoms with Crippen LogP contribution in [0, 0.1) is 12.7 Å². The summed E-state index contributed by atoms with van der Waals surface area (Å²) < 4.78 is 85.2. The monoisotopic (exact) mass is 684 g/mol. The minimum atomic E-state index is -4.70. The van der Waals surface area contributed by atoms with Crippen LogP contribution < -0.4 is 10.0 Å². The highest BCUT2D eigenvalue weighted by Crippen LogP contribution is 2.44. The first kappa shape index (κ1) is 33.8. The normalized spacial score (nSPS) is 23.5. The molecule has 2 saturated heterocycles. The lowest BCUT2D eigenvalue weighted by Gasteiger charge is -2.31. The van der Waals surface area contributed by atoms with Crippen molar-refractivity contribution in [3.05, 3.63) is 63.0 Å². The second-order valence-corrected chi connectivity index (χ2v) is 14.6. The Hall–Kier alpha value is -3.54. The molecular weight excluding hydrogens is 649 g/mol. The Bertz CT molecular complexity index is 1680. The molecule has 1 amide bonds. The fourth-order valence-corrected chi connectivity index (χ4v) is 7.87. The molecule has 250 valence electrons. The van der Waals surface area contributed by atoms with Crippen LogP contribution >= 0.6 is 11.3 Å². The van der Waals surface area contributed by atoms with Crippen LogP contribution in [-0.4, -0.2) is 90.4 Å². The van der Waals surface area contributed by atoms with E-state index >= 15 is 8.78 Å². The predicted molar refractivity (Wildman–Crippen MR) is 163 cm³/mol. The molecule has 0 saturated carbocycles. The number of amides is 1. The smallest absolute Gasteiger partial charge is 0.422 e. The van der Waals surface area contributed by atoms with Gasteiger partial charge in [0, 0.05) is 36.4 Å². The Labute approximate surface area is 268 Å². The maximum absolute atomic E-state index is 15.7. The average molecular weight is 685 g/mol. The number of fused-ring (bicyclic) bond motifs is 1. The Morgan fingerprint density at radius 3 is 2.65 bits per heavy atom. The molecule has 0 radical (unpaired) electrons. The number of hydrogen-bond acceptors (Lipinski definition) is 11. The molecule has 0 aliphatic carbocycles. The first-order chi connectivity index (χ1) is 21.5. The highest BCUT2D eigenvalue weighted by molar-refractivity contribution is 7.87. The number of ether oxygens (including phenoxy) is 2. The van der Waals surface area contributed by atoms with Gasteiger partial charge in [-0.25, -0.2) is 32.5 Å². The highest BCUT2D eigenvalue weighted by Gasteiger charge is 2.62. The lowest BCUT2D eigenvalue weighted by Crippen LogP contribution is -2.53. The third-order valence-electron chi connectivity index (χ3n) is 7.78.